The van der Waals surface area contributed by atoms with Crippen molar-refractivity contribution < 1.29 is 13.9 Å². The largest absolute Gasteiger partial charge is 0.389 e. The van der Waals surface area contributed by atoms with Crippen LogP contribution in [0.2, 0.25) is 0 Å². The average molecular weight is 282 g/mol. The van der Waals surface area contributed by atoms with Crippen LogP contribution >= 0.6 is 12.2 Å². The molecule has 2 atom stereocenters. The van der Waals surface area contributed by atoms with Crippen LogP contribution in [0.4, 0.5) is 10.1 Å². The van der Waals surface area contributed by atoms with Gasteiger partial charge >= 0.3 is 0 Å². The SMILES string of the molecule is CC1CCC(C(=O)Nc2ccc(F)c(C(N)=S)c2)O1. The van der Waals surface area contributed by atoms with Gasteiger partial charge in [0, 0.05) is 11.3 Å². The minimum atomic E-state index is -0.503. The summed E-state index contributed by atoms with van der Waals surface area (Å²) in [4.78, 5) is 11.9. The number of nitrogens with two attached hydrogens (primary N) is 1. The van der Waals surface area contributed by atoms with Gasteiger partial charge in [-0.15, -0.1) is 0 Å². The number of carbonyl (C=O) groups is 1. The lowest BCUT2D eigenvalue weighted by Crippen LogP contribution is -2.27. The van der Waals surface area contributed by atoms with Crippen molar-refractivity contribution in [2.45, 2.75) is 32.0 Å². The lowest BCUT2D eigenvalue weighted by Gasteiger charge is -2.12. The summed E-state index contributed by atoms with van der Waals surface area (Å²) in [5, 5.41) is 2.68. The maximum atomic E-state index is 13.4. The van der Waals surface area contributed by atoms with Crippen molar-refractivity contribution >= 4 is 28.8 Å². The van der Waals surface area contributed by atoms with Crippen LogP contribution in [0.15, 0.2) is 18.2 Å². The molecule has 19 heavy (non-hydrogen) atoms. The normalized spacial score (nSPS) is 22.2. The molecule has 1 aromatic carbocycles. The predicted molar refractivity (Wildman–Crippen MR) is 74.5 cm³/mol. The van der Waals surface area contributed by atoms with Gasteiger partial charge < -0.3 is 15.8 Å². The number of amides is 1. The highest BCUT2D eigenvalue weighted by Gasteiger charge is 2.28. The van der Waals surface area contributed by atoms with Crippen molar-refractivity contribution in [3.8, 4) is 0 Å². The molecule has 0 aromatic heterocycles. The van der Waals surface area contributed by atoms with E-state index in [0.29, 0.717) is 12.1 Å². The second kappa shape index (κ2) is 5.63. The lowest BCUT2D eigenvalue weighted by molar-refractivity contribution is -0.126. The molecule has 1 heterocycles. The van der Waals surface area contributed by atoms with E-state index >= 15 is 0 Å². The molecule has 0 aliphatic carbocycles. The Bertz CT molecular complexity index is 521. The Morgan fingerprint density at radius 1 is 1.53 bits per heavy atom. The molecule has 1 fully saturated rings. The quantitative estimate of drug-likeness (QED) is 0.832. The van der Waals surface area contributed by atoms with E-state index in [-0.39, 0.29) is 22.6 Å². The number of carbonyl (C=O) groups excluding carboxylic acids is 1. The maximum Gasteiger partial charge on any atom is 0.253 e. The molecule has 0 spiro atoms. The van der Waals surface area contributed by atoms with Gasteiger partial charge in [-0.1, -0.05) is 12.2 Å². The van der Waals surface area contributed by atoms with Gasteiger partial charge in [0.25, 0.3) is 5.91 Å². The molecule has 1 aromatic rings. The minimum Gasteiger partial charge on any atom is -0.389 e. The molecule has 0 radical (unpaired) electrons. The first-order valence-electron chi connectivity index (χ1n) is 6.03. The smallest absolute Gasteiger partial charge is 0.253 e. The summed E-state index contributed by atoms with van der Waals surface area (Å²) >= 11 is 4.75. The number of hydrogen-bond donors (Lipinski definition) is 2. The summed E-state index contributed by atoms with van der Waals surface area (Å²) in [7, 11) is 0. The molecule has 1 saturated heterocycles. The summed E-state index contributed by atoms with van der Waals surface area (Å²) in [6, 6.07) is 4.11. The van der Waals surface area contributed by atoms with Crippen LogP contribution in [0.3, 0.4) is 0 Å². The molecule has 6 heteroatoms. The van der Waals surface area contributed by atoms with Crippen LogP contribution in [0.5, 0.6) is 0 Å². The Hall–Kier alpha value is -1.53. The fourth-order valence-electron chi connectivity index (χ4n) is 2.01. The Morgan fingerprint density at radius 3 is 2.84 bits per heavy atom. The van der Waals surface area contributed by atoms with Gasteiger partial charge in [0.2, 0.25) is 0 Å². The first-order valence-corrected chi connectivity index (χ1v) is 6.44. The van der Waals surface area contributed by atoms with Crippen LogP contribution in [0.25, 0.3) is 0 Å². The zero-order chi connectivity index (χ0) is 14.0. The molecule has 1 aliphatic heterocycles. The second-order valence-electron chi connectivity index (χ2n) is 4.56. The fourth-order valence-corrected chi connectivity index (χ4v) is 2.17. The molecule has 1 amide bonds. The van der Waals surface area contributed by atoms with E-state index in [1.54, 1.807) is 0 Å². The Labute approximate surface area is 116 Å². The highest BCUT2D eigenvalue weighted by Crippen LogP contribution is 2.21. The van der Waals surface area contributed by atoms with Gasteiger partial charge in [-0.2, -0.15) is 0 Å². The molecule has 2 unspecified atom stereocenters. The predicted octanol–water partition coefficient (Wildman–Crippen LogP) is 1.97. The number of nitrogens with one attached hydrogen (secondary N) is 1. The topological polar surface area (TPSA) is 64.4 Å². The summed E-state index contributed by atoms with van der Waals surface area (Å²) in [6.45, 7) is 1.93. The van der Waals surface area contributed by atoms with Crippen LogP contribution < -0.4 is 11.1 Å². The standard InChI is InChI=1S/C13H15FN2O2S/c1-7-2-5-11(18-7)13(17)16-8-3-4-10(14)9(6-8)12(15)19/h3-4,6-7,11H,2,5H2,1H3,(H2,15,19)(H,16,17). The molecule has 1 aliphatic rings. The van der Waals surface area contributed by atoms with E-state index in [2.05, 4.69) is 5.32 Å². The van der Waals surface area contributed by atoms with Gasteiger partial charge in [0.05, 0.1) is 6.10 Å². The zero-order valence-corrected chi connectivity index (χ0v) is 11.3. The van der Waals surface area contributed by atoms with E-state index in [4.69, 9.17) is 22.7 Å². The maximum absolute atomic E-state index is 13.4. The first-order chi connectivity index (χ1) is 8.97. The Kier molecular flexibility index (Phi) is 4.11. The summed E-state index contributed by atoms with van der Waals surface area (Å²) < 4.78 is 18.9. The van der Waals surface area contributed by atoms with Crippen LogP contribution in [0, 0.1) is 5.82 Å². The van der Waals surface area contributed by atoms with E-state index in [1.165, 1.54) is 18.2 Å². The van der Waals surface area contributed by atoms with Gasteiger partial charge in [0.15, 0.2) is 0 Å². The zero-order valence-electron chi connectivity index (χ0n) is 10.5. The highest BCUT2D eigenvalue weighted by atomic mass is 32.1. The fraction of sp³-hybridized carbons (Fsp3) is 0.385. The number of benzene rings is 1. The average Bonchev–Trinajstić information content (AvgIpc) is 2.78. The molecule has 3 N–H and O–H groups in total. The summed E-state index contributed by atoms with van der Waals surface area (Å²) in [5.74, 6) is -0.735. The van der Waals surface area contributed by atoms with Crippen molar-refractivity contribution in [2.75, 3.05) is 5.32 Å². The Balaban J connectivity index is 2.09. The molecular formula is C13H15FN2O2S. The number of rotatable bonds is 3. The number of halogens is 1. The number of hydrogen-bond acceptors (Lipinski definition) is 3. The van der Waals surface area contributed by atoms with E-state index < -0.39 is 11.9 Å². The lowest BCUT2D eigenvalue weighted by atomic mass is 10.1. The first kappa shape index (κ1) is 13.9. The van der Waals surface area contributed by atoms with E-state index in [1.807, 2.05) is 6.92 Å². The van der Waals surface area contributed by atoms with Crippen molar-refractivity contribution in [3.05, 3.63) is 29.6 Å². The molecule has 102 valence electrons. The molecular weight excluding hydrogens is 267 g/mol. The third-order valence-corrected chi connectivity index (χ3v) is 3.24. The third-order valence-electron chi connectivity index (χ3n) is 3.02. The summed E-state index contributed by atoms with van der Waals surface area (Å²) in [5.41, 5.74) is 5.98. The van der Waals surface area contributed by atoms with Crippen molar-refractivity contribution in [1.29, 1.82) is 0 Å². The van der Waals surface area contributed by atoms with Crippen molar-refractivity contribution in [1.82, 2.24) is 0 Å². The van der Waals surface area contributed by atoms with Gasteiger partial charge in [-0.25, -0.2) is 4.39 Å². The third kappa shape index (κ3) is 3.27. The molecule has 0 saturated carbocycles. The van der Waals surface area contributed by atoms with Gasteiger partial charge in [-0.3, -0.25) is 4.79 Å². The second-order valence-corrected chi connectivity index (χ2v) is 5.00. The van der Waals surface area contributed by atoms with Crippen molar-refractivity contribution in [3.63, 3.8) is 0 Å². The summed E-state index contributed by atoms with van der Waals surface area (Å²) in [6.07, 6.45) is 1.19. The minimum absolute atomic E-state index is 0.0423. The van der Waals surface area contributed by atoms with E-state index in [9.17, 15) is 9.18 Å². The number of thiocarbonyl (C=S) groups is 1. The molecule has 4 nitrogen and oxygen atoms in total. The van der Waals surface area contributed by atoms with Crippen molar-refractivity contribution in [2.24, 2.45) is 5.73 Å². The van der Waals surface area contributed by atoms with Gasteiger partial charge in [-0.05, 0) is 38.0 Å². The number of anilines is 1. The molecule has 0 bridgehead atoms. The van der Waals surface area contributed by atoms with Crippen LogP contribution in [-0.4, -0.2) is 23.1 Å². The van der Waals surface area contributed by atoms with Crippen LogP contribution in [-0.2, 0) is 9.53 Å². The monoisotopic (exact) mass is 282 g/mol. The Morgan fingerprint density at radius 2 is 2.26 bits per heavy atom. The number of ether oxygens (including phenoxy) is 1. The molecule has 2 rings (SSSR count). The highest BCUT2D eigenvalue weighted by molar-refractivity contribution is 7.80. The van der Waals surface area contributed by atoms with Crippen LogP contribution in [0.1, 0.15) is 25.3 Å². The van der Waals surface area contributed by atoms with Gasteiger partial charge in [0.1, 0.15) is 16.9 Å². The van der Waals surface area contributed by atoms with E-state index in [0.717, 1.165) is 6.42 Å².